The van der Waals surface area contributed by atoms with Gasteiger partial charge < -0.3 is 9.84 Å². The van der Waals surface area contributed by atoms with E-state index in [1.165, 1.54) is 25.1 Å². The highest BCUT2D eigenvalue weighted by Gasteiger charge is 2.16. The minimum absolute atomic E-state index is 0.0171. The molecule has 22 heavy (non-hydrogen) atoms. The van der Waals surface area contributed by atoms with E-state index in [4.69, 9.17) is 33.0 Å². The predicted octanol–water partition coefficient (Wildman–Crippen LogP) is 3.41. The lowest BCUT2D eigenvalue weighted by Crippen LogP contribution is -2.10. The second-order valence-corrected chi connectivity index (χ2v) is 5.11. The van der Waals surface area contributed by atoms with Crippen LogP contribution in [0.3, 0.4) is 0 Å². The predicted molar refractivity (Wildman–Crippen MR) is 83.5 cm³/mol. The van der Waals surface area contributed by atoms with Gasteiger partial charge in [0.2, 0.25) is 0 Å². The minimum atomic E-state index is -1.15. The standard InChI is InChI=1S/C15H14Cl2O5/c1-3-11(19)10(8(2)18)6-9-4-5-12(15(17)14(9)16)22-7-13(20)21/h4-6H,3,7H2,1-2H3,(H,20,21)/b10-6+. The minimum Gasteiger partial charge on any atom is -0.480 e. The second-order valence-electron chi connectivity index (χ2n) is 4.35. The van der Waals surface area contributed by atoms with Gasteiger partial charge in [-0.3, -0.25) is 9.59 Å². The van der Waals surface area contributed by atoms with Crippen LogP contribution < -0.4 is 4.74 Å². The first kappa shape index (κ1) is 18.2. The highest BCUT2D eigenvalue weighted by molar-refractivity contribution is 6.44. The maximum Gasteiger partial charge on any atom is 0.341 e. The molecule has 0 saturated heterocycles. The van der Waals surface area contributed by atoms with Crippen molar-refractivity contribution in [2.24, 2.45) is 0 Å². The lowest BCUT2D eigenvalue weighted by Gasteiger charge is -2.09. The third kappa shape index (κ3) is 4.58. The number of carbonyl (C=O) groups excluding carboxylic acids is 2. The van der Waals surface area contributed by atoms with Crippen LogP contribution in [-0.4, -0.2) is 29.2 Å². The van der Waals surface area contributed by atoms with Gasteiger partial charge in [-0.05, 0) is 30.7 Å². The molecule has 1 aromatic rings. The Morgan fingerprint density at radius 2 is 1.86 bits per heavy atom. The van der Waals surface area contributed by atoms with Crippen LogP contribution in [0.2, 0.25) is 10.0 Å². The Morgan fingerprint density at radius 3 is 2.36 bits per heavy atom. The van der Waals surface area contributed by atoms with Gasteiger partial charge in [0.1, 0.15) is 10.8 Å². The van der Waals surface area contributed by atoms with Gasteiger partial charge in [-0.25, -0.2) is 4.79 Å². The third-order valence-electron chi connectivity index (χ3n) is 2.73. The molecule has 0 atom stereocenters. The summed E-state index contributed by atoms with van der Waals surface area (Å²) in [6.07, 6.45) is 1.56. The van der Waals surface area contributed by atoms with Crippen LogP contribution >= 0.6 is 23.2 Å². The Balaban J connectivity index is 3.21. The normalized spacial score (nSPS) is 11.2. The molecule has 0 unspecified atom stereocenters. The molecule has 0 aliphatic heterocycles. The average Bonchev–Trinajstić information content (AvgIpc) is 2.46. The van der Waals surface area contributed by atoms with Crippen molar-refractivity contribution in [1.29, 1.82) is 0 Å². The van der Waals surface area contributed by atoms with Crippen molar-refractivity contribution in [2.75, 3.05) is 6.61 Å². The van der Waals surface area contributed by atoms with Gasteiger partial charge in [0, 0.05) is 6.42 Å². The molecule has 1 aromatic carbocycles. The maximum atomic E-state index is 11.7. The lowest BCUT2D eigenvalue weighted by atomic mass is 10.0. The van der Waals surface area contributed by atoms with Crippen LogP contribution in [0.25, 0.3) is 6.08 Å². The van der Waals surface area contributed by atoms with E-state index in [-0.39, 0.29) is 39.4 Å². The van der Waals surface area contributed by atoms with Crippen LogP contribution in [0.5, 0.6) is 5.75 Å². The van der Waals surface area contributed by atoms with Crippen LogP contribution in [-0.2, 0) is 14.4 Å². The number of benzene rings is 1. The molecule has 0 aromatic heterocycles. The summed E-state index contributed by atoms with van der Waals surface area (Å²) in [6, 6.07) is 2.93. The Bertz CT molecular complexity index is 650. The van der Waals surface area contributed by atoms with Crippen molar-refractivity contribution < 1.29 is 24.2 Å². The van der Waals surface area contributed by atoms with E-state index in [2.05, 4.69) is 0 Å². The first-order chi connectivity index (χ1) is 10.3. The van der Waals surface area contributed by atoms with Gasteiger partial charge in [-0.15, -0.1) is 0 Å². The monoisotopic (exact) mass is 344 g/mol. The Kier molecular flexibility index (Phi) is 6.59. The number of hydrogen-bond donors (Lipinski definition) is 1. The number of carbonyl (C=O) groups is 3. The Labute approximate surface area is 137 Å². The Morgan fingerprint density at radius 1 is 1.23 bits per heavy atom. The number of halogens is 2. The van der Waals surface area contributed by atoms with E-state index in [0.29, 0.717) is 5.56 Å². The lowest BCUT2D eigenvalue weighted by molar-refractivity contribution is -0.139. The summed E-state index contributed by atoms with van der Waals surface area (Å²) in [6.45, 7) is 2.38. The molecule has 0 spiro atoms. The molecular formula is C15H14Cl2O5. The number of ether oxygens (including phenoxy) is 1. The summed E-state index contributed by atoms with van der Waals surface area (Å²) in [4.78, 5) is 33.8. The average molecular weight is 345 g/mol. The smallest absolute Gasteiger partial charge is 0.341 e. The van der Waals surface area contributed by atoms with Gasteiger partial charge in [-0.2, -0.15) is 0 Å². The molecule has 7 heteroatoms. The zero-order valence-electron chi connectivity index (χ0n) is 12.0. The van der Waals surface area contributed by atoms with Crippen LogP contribution in [0, 0.1) is 0 Å². The number of ketones is 2. The molecule has 0 aliphatic rings. The molecule has 0 radical (unpaired) electrons. The van der Waals surface area contributed by atoms with Crippen molar-refractivity contribution in [1.82, 2.24) is 0 Å². The van der Waals surface area contributed by atoms with Gasteiger partial charge in [0.05, 0.1) is 10.6 Å². The maximum absolute atomic E-state index is 11.7. The SMILES string of the molecule is CCC(=O)/C(=C/c1ccc(OCC(=O)O)c(Cl)c1Cl)C(C)=O. The molecule has 0 bridgehead atoms. The number of carboxylic acid groups (broad SMARTS) is 1. The fraction of sp³-hybridized carbons (Fsp3) is 0.267. The number of rotatable bonds is 7. The van der Waals surface area contributed by atoms with Crippen LogP contribution in [0.15, 0.2) is 17.7 Å². The summed E-state index contributed by atoms with van der Waals surface area (Å²) in [7, 11) is 0. The molecule has 0 saturated carbocycles. The van der Waals surface area contributed by atoms with Crippen LogP contribution in [0.1, 0.15) is 25.8 Å². The molecule has 0 heterocycles. The third-order valence-corrected chi connectivity index (χ3v) is 3.61. The molecule has 5 nitrogen and oxygen atoms in total. The van der Waals surface area contributed by atoms with Gasteiger partial charge >= 0.3 is 5.97 Å². The highest BCUT2D eigenvalue weighted by Crippen LogP contribution is 2.35. The molecule has 0 fully saturated rings. The molecule has 0 amide bonds. The number of aliphatic carboxylic acids is 1. The summed E-state index contributed by atoms with van der Waals surface area (Å²) in [5, 5.41) is 8.67. The zero-order valence-corrected chi connectivity index (χ0v) is 13.5. The summed E-state index contributed by atoms with van der Waals surface area (Å²) < 4.78 is 4.98. The Hall–Kier alpha value is -1.85. The van der Waals surface area contributed by atoms with Crippen molar-refractivity contribution in [2.45, 2.75) is 20.3 Å². The first-order valence-corrected chi connectivity index (χ1v) is 7.11. The molecule has 1 N–H and O–H groups in total. The van der Waals surface area contributed by atoms with Gasteiger partial charge in [0.15, 0.2) is 18.2 Å². The van der Waals surface area contributed by atoms with Crippen molar-refractivity contribution in [3.63, 3.8) is 0 Å². The fourth-order valence-electron chi connectivity index (χ4n) is 1.63. The van der Waals surface area contributed by atoms with Crippen molar-refractivity contribution in [3.05, 3.63) is 33.3 Å². The van der Waals surface area contributed by atoms with E-state index in [9.17, 15) is 14.4 Å². The first-order valence-electron chi connectivity index (χ1n) is 6.36. The molecule has 118 valence electrons. The van der Waals surface area contributed by atoms with E-state index >= 15 is 0 Å². The summed E-state index contributed by atoms with van der Waals surface area (Å²) in [5.74, 6) is -1.71. The van der Waals surface area contributed by atoms with E-state index in [1.54, 1.807) is 6.92 Å². The number of Topliss-reactive ketones (excluding diaryl/α,β-unsaturated/α-hetero) is 2. The van der Waals surface area contributed by atoms with E-state index < -0.39 is 12.6 Å². The quantitative estimate of drug-likeness (QED) is 0.465. The summed E-state index contributed by atoms with van der Waals surface area (Å²) >= 11 is 12.1. The van der Waals surface area contributed by atoms with Crippen molar-refractivity contribution >= 4 is 46.8 Å². The highest BCUT2D eigenvalue weighted by atomic mass is 35.5. The number of allylic oxidation sites excluding steroid dienone is 1. The molecule has 1 rings (SSSR count). The summed E-state index contributed by atoms with van der Waals surface area (Å²) in [5.41, 5.74) is 0.404. The number of carboxylic acids is 1. The topological polar surface area (TPSA) is 80.7 Å². The largest absolute Gasteiger partial charge is 0.480 e. The van der Waals surface area contributed by atoms with E-state index in [1.807, 2.05) is 0 Å². The van der Waals surface area contributed by atoms with Gasteiger partial charge in [-0.1, -0.05) is 30.1 Å². The van der Waals surface area contributed by atoms with Crippen molar-refractivity contribution in [3.8, 4) is 5.75 Å². The van der Waals surface area contributed by atoms with Crippen LogP contribution in [0.4, 0.5) is 0 Å². The molecule has 0 aliphatic carbocycles. The van der Waals surface area contributed by atoms with Gasteiger partial charge in [0.25, 0.3) is 0 Å². The fourth-order valence-corrected chi connectivity index (χ4v) is 2.07. The van der Waals surface area contributed by atoms with E-state index in [0.717, 1.165) is 0 Å². The second kappa shape index (κ2) is 7.96. The molecular weight excluding hydrogens is 331 g/mol. The zero-order chi connectivity index (χ0) is 16.9. The number of hydrogen-bond acceptors (Lipinski definition) is 4.